The molecular formula is C85H152O17P2. The molecule has 0 amide bonds. The van der Waals surface area contributed by atoms with Gasteiger partial charge in [-0.1, -0.05) is 318 Å². The lowest BCUT2D eigenvalue weighted by Gasteiger charge is -2.21. The van der Waals surface area contributed by atoms with Gasteiger partial charge in [0.1, 0.15) is 19.3 Å². The van der Waals surface area contributed by atoms with E-state index >= 15 is 0 Å². The van der Waals surface area contributed by atoms with Crippen molar-refractivity contribution in [3.8, 4) is 0 Å². The van der Waals surface area contributed by atoms with Crippen LogP contribution in [0.15, 0.2) is 85.1 Å². The first kappa shape index (κ1) is 100. The zero-order valence-corrected chi connectivity index (χ0v) is 68.0. The highest BCUT2D eigenvalue weighted by atomic mass is 31.2. The maximum atomic E-state index is 13.1. The normalized spacial score (nSPS) is 14.3. The topological polar surface area (TPSA) is 237 Å². The first-order valence-corrected chi connectivity index (χ1v) is 44.8. The lowest BCUT2D eigenvalue weighted by molar-refractivity contribution is -0.161. The van der Waals surface area contributed by atoms with Gasteiger partial charge < -0.3 is 33.8 Å². The van der Waals surface area contributed by atoms with Crippen LogP contribution >= 0.6 is 15.6 Å². The van der Waals surface area contributed by atoms with E-state index in [1.807, 2.05) is 12.2 Å². The summed E-state index contributed by atoms with van der Waals surface area (Å²) in [5.74, 6) is -2.26. The Morgan fingerprint density at radius 2 is 0.490 bits per heavy atom. The van der Waals surface area contributed by atoms with Crippen molar-refractivity contribution in [3.05, 3.63) is 85.1 Å². The molecule has 0 aliphatic carbocycles. The van der Waals surface area contributed by atoms with Crippen molar-refractivity contribution in [2.45, 2.75) is 393 Å². The van der Waals surface area contributed by atoms with E-state index in [-0.39, 0.29) is 25.7 Å². The summed E-state index contributed by atoms with van der Waals surface area (Å²) in [6, 6.07) is 0. The number of unbranched alkanes of at least 4 members (excludes halogenated alkanes) is 39. The average molecular weight is 1510 g/mol. The zero-order valence-electron chi connectivity index (χ0n) is 66.2. The molecule has 19 heteroatoms. The van der Waals surface area contributed by atoms with Crippen molar-refractivity contribution in [2.24, 2.45) is 0 Å². The van der Waals surface area contributed by atoms with Crippen molar-refractivity contribution >= 4 is 39.5 Å². The smallest absolute Gasteiger partial charge is 0.462 e. The molecule has 0 aromatic carbocycles. The van der Waals surface area contributed by atoms with Gasteiger partial charge in [0.25, 0.3) is 0 Å². The molecule has 0 aliphatic heterocycles. The Morgan fingerprint density at radius 1 is 0.269 bits per heavy atom. The summed E-state index contributed by atoms with van der Waals surface area (Å²) in [7, 11) is -9.97. The summed E-state index contributed by atoms with van der Waals surface area (Å²) >= 11 is 0. The summed E-state index contributed by atoms with van der Waals surface area (Å²) < 4.78 is 68.6. The maximum absolute atomic E-state index is 13.1. The number of aliphatic hydroxyl groups is 1. The van der Waals surface area contributed by atoms with E-state index in [0.29, 0.717) is 32.1 Å². The number of phosphoric acid groups is 2. The Kier molecular flexibility index (Phi) is 74.6. The van der Waals surface area contributed by atoms with E-state index in [1.54, 1.807) is 0 Å². The van der Waals surface area contributed by atoms with Crippen LogP contribution in [0.25, 0.3) is 0 Å². The van der Waals surface area contributed by atoms with Crippen molar-refractivity contribution in [1.82, 2.24) is 0 Å². The molecule has 0 heterocycles. The molecule has 2 unspecified atom stereocenters. The van der Waals surface area contributed by atoms with Crippen LogP contribution in [-0.2, 0) is 65.4 Å². The van der Waals surface area contributed by atoms with Gasteiger partial charge in [-0.2, -0.15) is 0 Å². The fraction of sp³-hybridized carbons (Fsp3) is 0.788. The third-order valence-electron chi connectivity index (χ3n) is 17.8. The molecule has 3 N–H and O–H groups in total. The largest absolute Gasteiger partial charge is 0.472 e. The minimum atomic E-state index is -4.99. The Bertz CT molecular complexity index is 2300. The van der Waals surface area contributed by atoms with Gasteiger partial charge >= 0.3 is 39.5 Å². The number of phosphoric ester groups is 2. The minimum Gasteiger partial charge on any atom is -0.462 e. The second kappa shape index (κ2) is 77.4. The molecule has 0 aromatic rings. The number of aliphatic hydroxyl groups excluding tert-OH is 1. The maximum Gasteiger partial charge on any atom is 0.472 e. The second-order valence-corrected chi connectivity index (χ2v) is 31.0. The SMILES string of the molecule is CCCCC/C=C\C/C=C\C/C=C\C/C=C\C/C=C\CCC(=O)OC[C@H](COP(=O)(O)OC[C@@H](O)COP(=O)(O)OC[C@@H](COC(=O)CCCCCCCCCCCCCCCCC)OC(=O)CCCCCCC/C=C\CCCCCCCC)OC(=O)CCCCCCC/C=C\CCCCCCCC. The third kappa shape index (κ3) is 76.4. The van der Waals surface area contributed by atoms with E-state index in [1.165, 1.54) is 167 Å². The van der Waals surface area contributed by atoms with E-state index in [9.17, 15) is 43.2 Å². The van der Waals surface area contributed by atoms with Gasteiger partial charge in [0, 0.05) is 25.7 Å². The molecule has 0 saturated heterocycles. The number of hydrogen-bond donors (Lipinski definition) is 3. The van der Waals surface area contributed by atoms with Crippen molar-refractivity contribution in [3.63, 3.8) is 0 Å². The molecule has 5 atom stereocenters. The lowest BCUT2D eigenvalue weighted by atomic mass is 10.0. The standard InChI is InChI=1S/C85H152O17P2/c1-5-9-13-17-21-25-29-33-37-38-39-40-44-46-50-54-58-62-66-70-83(88)96-76-81(102-85(90)72-68-64-60-56-52-48-43-36-32-28-24-20-16-12-8-4)78-100-104(93,94)98-74-79(86)73-97-103(91,92)99-77-80(101-84(89)71-67-63-59-55-51-47-42-35-31-27-23-19-15-11-7-3)75-95-82(87)69-65-61-57-53-49-45-41-34-30-26-22-18-14-10-6-2/h21,25,33,35-37,39-40,42-43,46,50,58,62,79-81,86H,5-20,22-24,26-32,34,38,41,44-45,47-49,51-57,59-61,63-78H2,1-4H3,(H,91,92)(H,93,94)/b25-21-,37-33-,40-39-,42-35-,43-36-,50-46-,62-58-/t79-,80+,81+/m0/s1. The molecule has 0 fully saturated rings. The number of esters is 4. The highest BCUT2D eigenvalue weighted by Crippen LogP contribution is 2.45. The third-order valence-corrected chi connectivity index (χ3v) is 19.7. The van der Waals surface area contributed by atoms with Gasteiger partial charge in [-0.25, -0.2) is 9.13 Å². The van der Waals surface area contributed by atoms with Crippen LogP contribution < -0.4 is 0 Å². The van der Waals surface area contributed by atoms with Gasteiger partial charge in [0.2, 0.25) is 0 Å². The Hall–Kier alpha value is -3.76. The van der Waals surface area contributed by atoms with Gasteiger partial charge in [0.15, 0.2) is 12.2 Å². The van der Waals surface area contributed by atoms with Crippen LogP contribution in [0.3, 0.4) is 0 Å². The van der Waals surface area contributed by atoms with E-state index < -0.39 is 97.5 Å². The Balaban J connectivity index is 5.41. The number of hydrogen-bond acceptors (Lipinski definition) is 15. The molecule has 604 valence electrons. The molecule has 104 heavy (non-hydrogen) atoms. The quantitative estimate of drug-likeness (QED) is 0.0169. The van der Waals surface area contributed by atoms with Crippen LogP contribution in [0, 0.1) is 0 Å². The van der Waals surface area contributed by atoms with Crippen molar-refractivity contribution in [2.75, 3.05) is 39.6 Å². The monoisotopic (exact) mass is 1510 g/mol. The van der Waals surface area contributed by atoms with E-state index in [4.69, 9.17) is 37.0 Å². The first-order chi connectivity index (χ1) is 50.7. The summed E-state index contributed by atoms with van der Waals surface area (Å²) in [6.07, 6.45) is 81.4. The van der Waals surface area contributed by atoms with Crippen LogP contribution in [-0.4, -0.2) is 96.7 Å². The van der Waals surface area contributed by atoms with Crippen molar-refractivity contribution < 1.29 is 80.2 Å². The van der Waals surface area contributed by atoms with E-state index in [2.05, 4.69) is 101 Å². The predicted molar refractivity (Wildman–Crippen MR) is 427 cm³/mol. The van der Waals surface area contributed by atoms with Crippen LogP contribution in [0.1, 0.15) is 374 Å². The van der Waals surface area contributed by atoms with Crippen LogP contribution in [0.5, 0.6) is 0 Å². The van der Waals surface area contributed by atoms with Gasteiger partial charge in [-0.05, 0) is 116 Å². The summed E-state index contributed by atoms with van der Waals surface area (Å²) in [5.41, 5.74) is 0. The lowest BCUT2D eigenvalue weighted by Crippen LogP contribution is -2.30. The number of carbonyl (C=O) groups is 4. The highest BCUT2D eigenvalue weighted by Gasteiger charge is 2.30. The number of ether oxygens (including phenoxy) is 4. The number of rotatable bonds is 79. The fourth-order valence-corrected chi connectivity index (χ4v) is 13.0. The highest BCUT2D eigenvalue weighted by molar-refractivity contribution is 7.47. The van der Waals surface area contributed by atoms with Crippen LogP contribution in [0.2, 0.25) is 0 Å². The van der Waals surface area contributed by atoms with Crippen LogP contribution in [0.4, 0.5) is 0 Å². The fourth-order valence-electron chi connectivity index (χ4n) is 11.4. The minimum absolute atomic E-state index is 0.0380. The number of carbonyl (C=O) groups excluding carboxylic acids is 4. The average Bonchev–Trinajstić information content (AvgIpc) is 0.918. The molecule has 0 aliphatic rings. The number of allylic oxidation sites excluding steroid dienone is 14. The van der Waals surface area contributed by atoms with Gasteiger partial charge in [-0.3, -0.25) is 37.3 Å². The summed E-state index contributed by atoms with van der Waals surface area (Å²) in [4.78, 5) is 73.1. The molecule has 0 radical (unpaired) electrons. The molecule has 0 saturated carbocycles. The Morgan fingerprint density at radius 3 is 0.808 bits per heavy atom. The summed E-state index contributed by atoms with van der Waals surface area (Å²) in [6.45, 7) is 4.81. The molecule has 0 aromatic heterocycles. The first-order valence-electron chi connectivity index (χ1n) is 41.8. The van der Waals surface area contributed by atoms with Gasteiger partial charge in [-0.15, -0.1) is 0 Å². The second-order valence-electron chi connectivity index (χ2n) is 28.1. The zero-order chi connectivity index (χ0) is 76.0. The Labute approximate surface area is 634 Å². The molecule has 0 rings (SSSR count). The molecule has 17 nitrogen and oxygen atoms in total. The molecule has 0 bridgehead atoms. The molecule has 0 spiro atoms. The van der Waals surface area contributed by atoms with Crippen molar-refractivity contribution in [1.29, 1.82) is 0 Å². The summed E-state index contributed by atoms with van der Waals surface area (Å²) in [5, 5.41) is 10.7. The van der Waals surface area contributed by atoms with E-state index in [0.717, 1.165) is 122 Å². The molecular weight excluding hydrogens is 1350 g/mol. The predicted octanol–water partition coefficient (Wildman–Crippen LogP) is 24.6. The van der Waals surface area contributed by atoms with Gasteiger partial charge in [0.05, 0.1) is 26.4 Å².